The number of benzene rings is 3. The molecule has 3 aromatic carbocycles. The molecule has 13 N–H and O–H groups in total. The topological polar surface area (TPSA) is 437 Å². The molecular weight excluding hydrogens is 1310 g/mol. The summed E-state index contributed by atoms with van der Waals surface area (Å²) in [6.45, 7) is 10.5. The van der Waals surface area contributed by atoms with E-state index in [-0.39, 0.29) is 67.1 Å². The van der Waals surface area contributed by atoms with E-state index in [9.17, 15) is 73.5 Å². The zero-order chi connectivity index (χ0) is 73.9. The number of nitrogens with zero attached hydrogens (tertiary/aromatic N) is 1. The Hall–Kier alpha value is -8.71. The van der Waals surface area contributed by atoms with Gasteiger partial charge in [-0.15, -0.1) is 0 Å². The van der Waals surface area contributed by atoms with Gasteiger partial charge in [-0.1, -0.05) is 107 Å². The zero-order valence-electron chi connectivity index (χ0n) is 58.1. The Morgan fingerprint density at radius 3 is 1.94 bits per heavy atom. The number of Topliss-reactive ketones (excluding diaryl/α,β-unsaturated/α-hetero) is 1. The predicted molar refractivity (Wildman–Crippen MR) is 360 cm³/mol. The summed E-state index contributed by atoms with van der Waals surface area (Å²) in [5.41, 5.74) is -2.25. The molecule has 2 heterocycles. The van der Waals surface area contributed by atoms with Gasteiger partial charge < -0.3 is 91.8 Å². The summed E-state index contributed by atoms with van der Waals surface area (Å²) in [5, 5.41) is 74.2. The second kappa shape index (κ2) is 33.4. The van der Waals surface area contributed by atoms with Crippen LogP contribution in [0.1, 0.15) is 145 Å². The van der Waals surface area contributed by atoms with Gasteiger partial charge in [-0.05, 0) is 99.8 Å². The molecule has 8 rings (SSSR count). The molecule has 550 valence electrons. The smallest absolute Gasteiger partial charge is 0.408 e. The van der Waals surface area contributed by atoms with Crippen molar-refractivity contribution in [2.45, 2.75) is 197 Å². The van der Waals surface area contributed by atoms with E-state index in [1.807, 2.05) is 13.8 Å². The Kier molecular flexibility index (Phi) is 25.8. The number of nitrogens with one attached hydrogen (secondary N) is 6. The number of hydrogen-bond donors (Lipinski definition) is 12. The number of fused-ring (bicyclic) bond motifs is 5. The monoisotopic (exact) mass is 1410 g/mol. The molecule has 29 heteroatoms. The summed E-state index contributed by atoms with van der Waals surface area (Å²) in [7, 11) is 0. The Balaban J connectivity index is 0.959. The maximum atomic E-state index is 16.2. The molecule has 2 aliphatic heterocycles. The van der Waals surface area contributed by atoms with Crippen molar-refractivity contribution in [1.29, 1.82) is 0 Å². The lowest BCUT2D eigenvalue weighted by atomic mass is 9.44. The number of amides is 7. The summed E-state index contributed by atoms with van der Waals surface area (Å²) in [5.74, 6) is -9.93. The zero-order valence-corrected chi connectivity index (χ0v) is 58.1. The first-order chi connectivity index (χ1) is 47.8. The van der Waals surface area contributed by atoms with Crippen LogP contribution in [0.25, 0.3) is 0 Å². The second-order valence-corrected chi connectivity index (χ2v) is 27.9. The van der Waals surface area contributed by atoms with Crippen LogP contribution in [0.15, 0.2) is 102 Å². The van der Waals surface area contributed by atoms with Crippen LogP contribution in [0.2, 0.25) is 0 Å². The summed E-state index contributed by atoms with van der Waals surface area (Å²) in [4.78, 5) is 154. The van der Waals surface area contributed by atoms with Crippen LogP contribution in [-0.2, 0) is 62.0 Å². The highest BCUT2D eigenvalue weighted by molar-refractivity contribution is 5.98. The molecule has 0 spiro atoms. The molecule has 0 radical (unpaired) electrons. The van der Waals surface area contributed by atoms with E-state index >= 15 is 4.79 Å². The fourth-order valence-electron chi connectivity index (χ4n) is 14.7. The molecule has 16 atom stereocenters. The van der Waals surface area contributed by atoms with Gasteiger partial charge in [0.2, 0.25) is 29.5 Å². The third kappa shape index (κ3) is 17.1. The Labute approximate surface area is 585 Å². The van der Waals surface area contributed by atoms with Crippen molar-refractivity contribution < 1.29 is 102 Å². The van der Waals surface area contributed by atoms with Gasteiger partial charge >= 0.3 is 24.0 Å². The van der Waals surface area contributed by atoms with E-state index in [0.29, 0.717) is 37.7 Å². The van der Waals surface area contributed by atoms with Crippen LogP contribution in [0.3, 0.4) is 0 Å². The molecule has 5 unspecified atom stereocenters. The number of aliphatic hydroxyl groups is 5. The van der Waals surface area contributed by atoms with Gasteiger partial charge in [-0.3, -0.25) is 38.4 Å². The number of rotatable bonds is 29. The maximum absolute atomic E-state index is 16.2. The summed E-state index contributed by atoms with van der Waals surface area (Å²) in [6, 6.07) is 17.7. The van der Waals surface area contributed by atoms with Crippen molar-refractivity contribution in [2.75, 3.05) is 39.4 Å². The van der Waals surface area contributed by atoms with Crippen molar-refractivity contribution in [2.24, 2.45) is 28.4 Å². The largest absolute Gasteiger partial charge is 0.456 e. The van der Waals surface area contributed by atoms with Crippen LogP contribution in [0.5, 0.6) is 0 Å². The first kappa shape index (κ1) is 78.0. The number of esters is 3. The van der Waals surface area contributed by atoms with E-state index in [0.717, 1.165) is 6.92 Å². The number of carbonyl (C=O) groups is 11. The van der Waals surface area contributed by atoms with E-state index in [4.69, 9.17) is 29.4 Å². The summed E-state index contributed by atoms with van der Waals surface area (Å²) < 4.78 is 31.1. The average molecular weight is 1410 g/mol. The maximum Gasteiger partial charge on any atom is 0.408 e. The number of alkyl carbamates (subject to hydrolysis) is 1. The molecule has 7 amide bonds. The third-order valence-corrected chi connectivity index (χ3v) is 20.4. The van der Waals surface area contributed by atoms with E-state index in [2.05, 4.69) is 31.9 Å². The number of unbranched alkanes of at least 4 members (excludes halogenated alkanes) is 3. The van der Waals surface area contributed by atoms with Gasteiger partial charge in [-0.25, -0.2) is 14.4 Å². The van der Waals surface area contributed by atoms with Crippen molar-refractivity contribution in [3.05, 3.63) is 119 Å². The van der Waals surface area contributed by atoms with Gasteiger partial charge in [0.15, 0.2) is 23.6 Å². The van der Waals surface area contributed by atoms with E-state index in [1.54, 1.807) is 66.7 Å². The number of likely N-dealkylation sites (tertiary alicyclic amines) is 1. The lowest BCUT2D eigenvalue weighted by molar-refractivity contribution is -0.345. The van der Waals surface area contributed by atoms with Gasteiger partial charge in [-0.2, -0.15) is 0 Å². The minimum absolute atomic E-state index is 0.00849. The standard InChI is InChI=1S/C72H96N8O21/c1-39(2)33-46(77-65(92)54(73)41(4)82)62(89)76-36-52(85)80-32-22-29-48(80)64(91)78-47(37-81)63(90)74-30-20-9-10-21-31-75-68(95)99-57-53-40(3)49(98-67(94)56(86)55(43-23-14-11-15-24-43)79-61(88)44-25-16-12-17-26-44)35-72(96,69(53,6)7)60(100-66(93)45-27-18-13-19-28-45)58-70(8,59(57)87)50(84)34-51-71(58,38-97-51)101-42(5)83/h11-19,23-28,39,41,46-51,54-58,60,81-82,84,86,96H,9-10,20-22,29-38,73H2,1-8H3,(H,74,90)(H,75,95)(H,76,89)(H,77,92)(H,78,91)(H,79,88)/t41?,46?,47?,48?,49-,50-,51+,54?,55-,56+,57+,58-,60-,70+,71-,72+/m0/s1. The predicted octanol–water partition coefficient (Wildman–Crippen LogP) is 1.40. The average Bonchev–Trinajstić information content (AvgIpc) is 0.797. The molecule has 4 fully saturated rings. The molecule has 2 saturated heterocycles. The number of ketones is 1. The molecule has 101 heavy (non-hydrogen) atoms. The molecule has 2 bridgehead atoms. The summed E-state index contributed by atoms with van der Waals surface area (Å²) >= 11 is 0. The Morgan fingerprint density at radius 2 is 1.36 bits per heavy atom. The van der Waals surface area contributed by atoms with Crippen molar-refractivity contribution in [3.8, 4) is 0 Å². The highest BCUT2D eigenvalue weighted by Gasteiger charge is 2.78. The van der Waals surface area contributed by atoms with Gasteiger partial charge in [0.05, 0.1) is 54.9 Å². The number of hydrogen-bond acceptors (Lipinski definition) is 22. The number of aliphatic hydroxyl groups excluding tert-OH is 4. The van der Waals surface area contributed by atoms with Crippen molar-refractivity contribution in [3.63, 3.8) is 0 Å². The molecule has 2 saturated carbocycles. The van der Waals surface area contributed by atoms with Gasteiger partial charge in [0, 0.05) is 50.4 Å². The first-order valence-electron chi connectivity index (χ1n) is 34.3. The van der Waals surface area contributed by atoms with Gasteiger partial charge in [0.1, 0.15) is 48.1 Å². The number of nitrogens with two attached hydrogens (primary N) is 1. The highest BCUT2D eigenvalue weighted by Crippen LogP contribution is 2.64. The van der Waals surface area contributed by atoms with E-state index < -0.39 is 192 Å². The van der Waals surface area contributed by atoms with Crippen LogP contribution in [0, 0.1) is 22.7 Å². The number of carbonyl (C=O) groups excluding carboxylic acids is 11. The second-order valence-electron chi connectivity index (χ2n) is 27.9. The lowest BCUT2D eigenvalue weighted by Gasteiger charge is -2.67. The minimum atomic E-state index is -2.54. The van der Waals surface area contributed by atoms with Crippen LogP contribution in [-0.4, -0.2) is 213 Å². The van der Waals surface area contributed by atoms with Crippen LogP contribution >= 0.6 is 0 Å². The highest BCUT2D eigenvalue weighted by atomic mass is 16.6. The normalized spacial score (nSPS) is 26.7. The van der Waals surface area contributed by atoms with Crippen molar-refractivity contribution in [1.82, 2.24) is 36.8 Å². The number of ether oxygens (including phenoxy) is 5. The van der Waals surface area contributed by atoms with Gasteiger partial charge in [0.25, 0.3) is 5.91 Å². The fraction of sp³-hybridized carbons (Fsp3) is 0.569. The Bertz CT molecular complexity index is 3540. The first-order valence-corrected chi connectivity index (χ1v) is 34.3. The molecule has 0 aromatic heterocycles. The molecule has 3 aliphatic carbocycles. The lowest BCUT2D eigenvalue weighted by Crippen LogP contribution is -2.82. The molecule has 5 aliphatic rings. The van der Waals surface area contributed by atoms with Crippen molar-refractivity contribution >= 4 is 65.2 Å². The van der Waals surface area contributed by atoms with Crippen LogP contribution < -0.4 is 37.6 Å². The molecule has 3 aromatic rings. The molecule has 29 nitrogen and oxygen atoms in total. The van der Waals surface area contributed by atoms with E-state index in [1.165, 1.54) is 63.8 Å². The quantitative estimate of drug-likeness (QED) is 0.0202. The molecular formula is C72H96N8O21. The Morgan fingerprint density at radius 1 is 0.752 bits per heavy atom. The SMILES string of the molecule is CC(=O)O[C@@]12CO[C@@H]1C[C@H](O)[C@@]1(C)C(=O)[C@H](OC(=O)NCCCCCCNC(=O)C(CO)NC(=O)C3CCCN3C(=O)CNC(=O)C(CC(C)C)NC(=O)C(N)C(C)O)C3=C(C)[C@@H](OC(=O)[C@H](O)[C@@H](NC(=O)c4ccccc4)c4ccccc4)C[C@@](O)([C@@H](OC(=O)c4ccccc4)[C@H]21)C3(C)C. The third-order valence-electron chi connectivity index (χ3n) is 20.4. The minimum Gasteiger partial charge on any atom is -0.456 e. The van der Waals surface area contributed by atoms with Crippen LogP contribution in [0.4, 0.5) is 4.79 Å². The fourth-order valence-corrected chi connectivity index (χ4v) is 14.7. The summed E-state index contributed by atoms with van der Waals surface area (Å²) in [6.07, 6.45) is -11.3.